The van der Waals surface area contributed by atoms with Gasteiger partial charge in [-0.3, -0.25) is 13.9 Å². The molecule has 3 aromatic carbocycles. The van der Waals surface area contributed by atoms with Gasteiger partial charge in [-0.2, -0.15) is 0 Å². The average Bonchev–Trinajstić information content (AvgIpc) is 2.89. The third kappa shape index (κ3) is 8.57. The summed E-state index contributed by atoms with van der Waals surface area (Å²) in [5, 5.41) is 3.37. The van der Waals surface area contributed by atoms with Crippen LogP contribution in [0.2, 0.25) is 5.02 Å². The van der Waals surface area contributed by atoms with E-state index in [2.05, 4.69) is 5.32 Å². The van der Waals surface area contributed by atoms with Crippen LogP contribution in [0.15, 0.2) is 78.9 Å². The highest BCUT2D eigenvalue weighted by molar-refractivity contribution is 7.92. The maximum atomic E-state index is 14.1. The Labute approximate surface area is 236 Å². The lowest BCUT2D eigenvalue weighted by molar-refractivity contribution is -0.140. The van der Waals surface area contributed by atoms with Crippen molar-refractivity contribution in [3.8, 4) is 0 Å². The van der Waals surface area contributed by atoms with Crippen molar-refractivity contribution in [3.05, 3.63) is 101 Å². The molecule has 0 unspecified atom stereocenters. The van der Waals surface area contributed by atoms with Gasteiger partial charge in [0.05, 0.1) is 11.9 Å². The zero-order valence-corrected chi connectivity index (χ0v) is 24.4. The highest BCUT2D eigenvalue weighted by Gasteiger charge is 2.33. The van der Waals surface area contributed by atoms with Gasteiger partial charge in [-0.05, 0) is 55.2 Å². The molecule has 0 aromatic heterocycles. The molecule has 0 saturated carbocycles. The smallest absolute Gasteiger partial charge is 0.244 e. The van der Waals surface area contributed by atoms with E-state index in [9.17, 15) is 18.0 Å². The lowest BCUT2D eigenvalue weighted by Gasteiger charge is -2.34. The van der Waals surface area contributed by atoms with Crippen molar-refractivity contribution in [1.29, 1.82) is 0 Å². The van der Waals surface area contributed by atoms with E-state index < -0.39 is 28.5 Å². The Bertz CT molecular complexity index is 1380. The third-order valence-corrected chi connectivity index (χ3v) is 8.03. The van der Waals surface area contributed by atoms with E-state index in [1.807, 2.05) is 75.4 Å². The van der Waals surface area contributed by atoms with Crippen LogP contribution >= 0.6 is 11.6 Å². The van der Waals surface area contributed by atoms with Crippen molar-refractivity contribution < 1.29 is 18.0 Å². The van der Waals surface area contributed by atoms with Crippen molar-refractivity contribution in [3.63, 3.8) is 0 Å². The van der Waals surface area contributed by atoms with Gasteiger partial charge in [0.15, 0.2) is 0 Å². The minimum atomic E-state index is -3.85. The fourth-order valence-corrected chi connectivity index (χ4v) is 5.24. The maximum absolute atomic E-state index is 14.1. The molecule has 0 aliphatic carbocycles. The van der Waals surface area contributed by atoms with Gasteiger partial charge < -0.3 is 10.2 Å². The summed E-state index contributed by atoms with van der Waals surface area (Å²) < 4.78 is 26.7. The number of amides is 2. The predicted molar refractivity (Wildman–Crippen MR) is 157 cm³/mol. The standard InChI is InChI=1S/C30H36ClN3O4S/c1-5-23(3)32-30(36)28(18-24-13-7-6-8-14-24)33(20-25-15-10-9-12-22(25)2)29(35)21-34(39(4,37)38)27-17-11-16-26(31)19-27/h6-17,19,23,28H,5,18,20-21H2,1-4H3,(H,32,36)/t23-,28+/m0/s1. The van der Waals surface area contributed by atoms with E-state index >= 15 is 0 Å². The third-order valence-electron chi connectivity index (χ3n) is 6.65. The molecule has 0 heterocycles. The van der Waals surface area contributed by atoms with Gasteiger partial charge in [0.2, 0.25) is 21.8 Å². The van der Waals surface area contributed by atoms with Crippen LogP contribution in [0.1, 0.15) is 37.0 Å². The summed E-state index contributed by atoms with van der Waals surface area (Å²) in [4.78, 5) is 29.2. The minimum Gasteiger partial charge on any atom is -0.352 e. The van der Waals surface area contributed by atoms with Crippen LogP contribution in [0.5, 0.6) is 0 Å². The maximum Gasteiger partial charge on any atom is 0.244 e. The first-order valence-corrected chi connectivity index (χ1v) is 15.1. The Kier molecular flexibility index (Phi) is 10.5. The number of carbonyl (C=O) groups is 2. The zero-order chi connectivity index (χ0) is 28.6. The molecule has 0 spiro atoms. The van der Waals surface area contributed by atoms with E-state index in [0.29, 0.717) is 5.02 Å². The summed E-state index contributed by atoms with van der Waals surface area (Å²) in [6.07, 6.45) is 2.05. The van der Waals surface area contributed by atoms with Crippen LogP contribution in [0, 0.1) is 6.92 Å². The van der Waals surface area contributed by atoms with Gasteiger partial charge in [-0.25, -0.2) is 8.42 Å². The quantitative estimate of drug-likeness (QED) is 0.334. The number of nitrogens with zero attached hydrogens (tertiary/aromatic N) is 2. The summed E-state index contributed by atoms with van der Waals surface area (Å²) in [6, 6.07) is 22.5. The van der Waals surface area contributed by atoms with Crippen LogP contribution in [0.25, 0.3) is 0 Å². The Hall–Kier alpha value is -3.36. The Balaban J connectivity index is 2.07. The highest BCUT2D eigenvalue weighted by Crippen LogP contribution is 2.23. The van der Waals surface area contributed by atoms with E-state index in [1.165, 1.54) is 11.0 Å². The molecular weight excluding hydrogens is 534 g/mol. The van der Waals surface area contributed by atoms with E-state index in [-0.39, 0.29) is 30.6 Å². The van der Waals surface area contributed by atoms with Gasteiger partial charge in [0.1, 0.15) is 12.6 Å². The summed E-state index contributed by atoms with van der Waals surface area (Å²) in [5.74, 6) is -0.785. The first kappa shape index (κ1) is 30.2. The lowest BCUT2D eigenvalue weighted by atomic mass is 10.0. The molecule has 39 heavy (non-hydrogen) atoms. The second-order valence-electron chi connectivity index (χ2n) is 9.72. The molecule has 2 amide bonds. The topological polar surface area (TPSA) is 86.8 Å². The number of rotatable bonds is 12. The summed E-state index contributed by atoms with van der Waals surface area (Å²) >= 11 is 6.14. The molecule has 9 heteroatoms. The minimum absolute atomic E-state index is 0.0924. The average molecular weight is 570 g/mol. The SMILES string of the molecule is CC[C@H](C)NC(=O)[C@@H](Cc1ccccc1)N(Cc1ccccc1C)C(=O)CN(c1cccc(Cl)c1)S(C)(=O)=O. The number of benzene rings is 3. The van der Waals surface area contributed by atoms with Gasteiger partial charge in [-0.1, -0.05) is 79.2 Å². The van der Waals surface area contributed by atoms with E-state index in [4.69, 9.17) is 11.6 Å². The van der Waals surface area contributed by atoms with Crippen molar-refractivity contribution in [2.75, 3.05) is 17.1 Å². The van der Waals surface area contributed by atoms with E-state index in [1.54, 1.807) is 18.2 Å². The molecule has 0 fully saturated rings. The number of anilines is 1. The number of carbonyl (C=O) groups excluding carboxylic acids is 2. The molecule has 0 bridgehead atoms. The van der Waals surface area contributed by atoms with Crippen molar-refractivity contribution in [2.24, 2.45) is 0 Å². The number of hydrogen-bond acceptors (Lipinski definition) is 4. The molecule has 1 N–H and O–H groups in total. The molecule has 0 aliphatic heterocycles. The molecular formula is C30H36ClN3O4S. The molecule has 0 radical (unpaired) electrons. The Morgan fingerprint density at radius 1 is 0.974 bits per heavy atom. The first-order chi connectivity index (χ1) is 18.5. The van der Waals surface area contributed by atoms with Gasteiger partial charge in [0.25, 0.3) is 0 Å². The fourth-order valence-electron chi connectivity index (χ4n) is 4.21. The molecule has 208 valence electrons. The first-order valence-electron chi connectivity index (χ1n) is 12.9. The zero-order valence-electron chi connectivity index (χ0n) is 22.8. The molecule has 7 nitrogen and oxygen atoms in total. The number of hydrogen-bond donors (Lipinski definition) is 1. The summed E-state index contributed by atoms with van der Waals surface area (Å²) in [6.45, 7) is 5.49. The van der Waals surface area contributed by atoms with Crippen LogP contribution in [0.4, 0.5) is 5.69 Å². The second kappa shape index (κ2) is 13.6. The number of sulfonamides is 1. The van der Waals surface area contributed by atoms with Crippen molar-refractivity contribution in [1.82, 2.24) is 10.2 Å². The molecule has 2 atom stereocenters. The van der Waals surface area contributed by atoms with E-state index in [0.717, 1.165) is 33.7 Å². The monoisotopic (exact) mass is 569 g/mol. The van der Waals surface area contributed by atoms with Crippen molar-refractivity contribution in [2.45, 2.75) is 52.2 Å². The Morgan fingerprint density at radius 3 is 2.26 bits per heavy atom. The largest absolute Gasteiger partial charge is 0.352 e. The van der Waals surface area contributed by atoms with Gasteiger partial charge in [0, 0.05) is 24.0 Å². The second-order valence-corrected chi connectivity index (χ2v) is 12.1. The Morgan fingerprint density at radius 2 is 1.64 bits per heavy atom. The lowest BCUT2D eigenvalue weighted by Crippen LogP contribution is -2.54. The normalized spacial score (nSPS) is 12.8. The summed E-state index contributed by atoms with van der Waals surface area (Å²) in [7, 11) is -3.85. The molecule has 0 aliphatic rings. The van der Waals surface area contributed by atoms with Crippen LogP contribution in [-0.2, 0) is 32.6 Å². The highest BCUT2D eigenvalue weighted by atomic mass is 35.5. The molecule has 0 saturated heterocycles. The fraction of sp³-hybridized carbons (Fsp3) is 0.333. The predicted octanol–water partition coefficient (Wildman–Crippen LogP) is 4.97. The van der Waals surface area contributed by atoms with Gasteiger partial charge in [-0.15, -0.1) is 0 Å². The van der Waals surface area contributed by atoms with Crippen LogP contribution < -0.4 is 9.62 Å². The summed E-state index contributed by atoms with van der Waals surface area (Å²) in [5.41, 5.74) is 3.00. The van der Waals surface area contributed by atoms with Crippen molar-refractivity contribution >= 4 is 39.1 Å². The number of halogens is 1. The number of aryl methyl sites for hydroxylation is 1. The molecule has 3 aromatic rings. The van der Waals surface area contributed by atoms with Crippen LogP contribution in [-0.4, -0.2) is 50.0 Å². The molecule has 3 rings (SSSR count). The van der Waals surface area contributed by atoms with Gasteiger partial charge >= 0.3 is 0 Å². The number of nitrogens with one attached hydrogen (secondary N) is 1. The van der Waals surface area contributed by atoms with Crippen LogP contribution in [0.3, 0.4) is 0 Å².